The molecule has 0 saturated carbocycles. The van der Waals surface area contributed by atoms with Crippen LogP contribution in [0.5, 0.6) is 0 Å². The van der Waals surface area contributed by atoms with E-state index in [1.165, 1.54) is 11.8 Å². The van der Waals surface area contributed by atoms with Crippen LogP contribution in [0.3, 0.4) is 0 Å². The number of nitrogens with one attached hydrogen (secondary N) is 2. The number of halogens is 1. The first-order chi connectivity index (χ1) is 12.3. The first-order valence-corrected chi connectivity index (χ1v) is 11.0. The van der Waals surface area contributed by atoms with Crippen molar-refractivity contribution in [3.8, 4) is 0 Å². The van der Waals surface area contributed by atoms with Gasteiger partial charge in [-0.3, -0.25) is 4.79 Å². The highest BCUT2D eigenvalue weighted by atomic mass is 127. The van der Waals surface area contributed by atoms with Gasteiger partial charge in [0.05, 0.1) is 5.75 Å². The van der Waals surface area contributed by atoms with Gasteiger partial charge >= 0.3 is 0 Å². The Kier molecular flexibility index (Phi) is 9.51. The summed E-state index contributed by atoms with van der Waals surface area (Å²) in [4.78, 5) is 18.7. The lowest BCUT2D eigenvalue weighted by Gasteiger charge is -2.19. The monoisotopic (exact) mass is 508 g/mol. The van der Waals surface area contributed by atoms with Gasteiger partial charge in [0.2, 0.25) is 5.91 Å². The average Bonchev–Trinajstić information content (AvgIpc) is 3.01. The molecular weight excluding hydrogens is 479 g/mol. The van der Waals surface area contributed by atoms with Crippen molar-refractivity contribution in [3.05, 3.63) is 29.8 Å². The zero-order valence-electron chi connectivity index (χ0n) is 16.1. The van der Waals surface area contributed by atoms with Crippen LogP contribution in [0.4, 0.5) is 5.69 Å². The molecule has 1 unspecified atom stereocenters. The van der Waals surface area contributed by atoms with E-state index in [4.69, 9.17) is 0 Å². The standard InChI is InChI=1S/C18H28N4O3S.HI/c1-4-19-18(21-14(2)10-12-26(3,24)25)20-13-17(23)22-11-9-15-7-5-6-8-16(15)22;/h5-8,14H,4,9-13H2,1-3H3,(H2,19,20,21);1H. The highest BCUT2D eigenvalue weighted by Crippen LogP contribution is 2.27. The molecule has 1 aromatic carbocycles. The number of carbonyl (C=O) groups is 1. The van der Waals surface area contributed by atoms with Gasteiger partial charge in [-0.15, -0.1) is 24.0 Å². The molecule has 0 aliphatic carbocycles. The van der Waals surface area contributed by atoms with Crippen LogP contribution in [-0.2, 0) is 21.1 Å². The minimum absolute atomic E-state index is 0. The Morgan fingerprint density at radius 1 is 1.33 bits per heavy atom. The van der Waals surface area contributed by atoms with E-state index in [9.17, 15) is 13.2 Å². The number of carbonyl (C=O) groups excluding carboxylic acids is 1. The van der Waals surface area contributed by atoms with Crippen molar-refractivity contribution in [2.24, 2.45) is 4.99 Å². The average molecular weight is 508 g/mol. The van der Waals surface area contributed by atoms with Crippen molar-refractivity contribution in [3.63, 3.8) is 0 Å². The molecule has 1 heterocycles. The number of nitrogens with zero attached hydrogens (tertiary/aromatic N) is 2. The Hall–Kier alpha value is -1.36. The molecule has 2 rings (SSSR count). The molecule has 1 aromatic rings. The van der Waals surface area contributed by atoms with Gasteiger partial charge in [0.15, 0.2) is 5.96 Å². The normalized spacial score (nSPS) is 14.9. The summed E-state index contributed by atoms with van der Waals surface area (Å²) in [5.74, 6) is 0.592. The molecule has 1 aliphatic heterocycles. The summed E-state index contributed by atoms with van der Waals surface area (Å²) < 4.78 is 22.6. The molecule has 0 aromatic heterocycles. The molecule has 0 bridgehead atoms. The Labute approximate surface area is 178 Å². The molecule has 1 atom stereocenters. The molecule has 27 heavy (non-hydrogen) atoms. The molecule has 0 spiro atoms. The third-order valence-corrected chi connectivity index (χ3v) is 5.19. The van der Waals surface area contributed by atoms with Crippen LogP contribution in [0.25, 0.3) is 0 Å². The first-order valence-electron chi connectivity index (χ1n) is 8.91. The second-order valence-electron chi connectivity index (χ2n) is 6.58. The van der Waals surface area contributed by atoms with Gasteiger partial charge in [0.1, 0.15) is 16.4 Å². The fourth-order valence-electron chi connectivity index (χ4n) is 2.85. The maximum atomic E-state index is 12.5. The van der Waals surface area contributed by atoms with Crippen LogP contribution in [-0.4, -0.2) is 58.0 Å². The molecule has 1 amide bonds. The van der Waals surface area contributed by atoms with Crippen molar-refractivity contribution in [1.82, 2.24) is 10.6 Å². The smallest absolute Gasteiger partial charge is 0.248 e. The van der Waals surface area contributed by atoms with Crippen molar-refractivity contribution in [2.45, 2.75) is 32.7 Å². The Balaban J connectivity index is 0.00000364. The third-order valence-electron chi connectivity index (χ3n) is 4.21. The molecule has 2 N–H and O–H groups in total. The number of guanidine groups is 1. The van der Waals surface area contributed by atoms with E-state index in [2.05, 4.69) is 15.6 Å². The van der Waals surface area contributed by atoms with Crippen LogP contribution in [0.2, 0.25) is 0 Å². The number of aliphatic imine (C=N–C) groups is 1. The fraction of sp³-hybridized carbons (Fsp3) is 0.556. The van der Waals surface area contributed by atoms with Gasteiger partial charge in [-0.1, -0.05) is 18.2 Å². The van der Waals surface area contributed by atoms with E-state index in [-0.39, 0.29) is 48.2 Å². The van der Waals surface area contributed by atoms with Crippen LogP contribution in [0.15, 0.2) is 29.3 Å². The van der Waals surface area contributed by atoms with Crippen LogP contribution < -0.4 is 15.5 Å². The van der Waals surface area contributed by atoms with Gasteiger partial charge in [-0.25, -0.2) is 13.4 Å². The lowest BCUT2D eigenvalue weighted by molar-refractivity contribution is -0.117. The molecule has 1 aliphatic rings. The molecule has 0 radical (unpaired) electrons. The lowest BCUT2D eigenvalue weighted by Crippen LogP contribution is -2.43. The second-order valence-corrected chi connectivity index (χ2v) is 8.84. The van der Waals surface area contributed by atoms with E-state index in [1.54, 1.807) is 4.90 Å². The predicted octanol–water partition coefficient (Wildman–Crippen LogP) is 1.57. The van der Waals surface area contributed by atoms with Crippen LogP contribution >= 0.6 is 24.0 Å². The first kappa shape index (κ1) is 23.7. The van der Waals surface area contributed by atoms with E-state index in [1.807, 2.05) is 38.1 Å². The highest BCUT2D eigenvalue weighted by molar-refractivity contribution is 14.0. The van der Waals surface area contributed by atoms with Crippen molar-refractivity contribution in [2.75, 3.05) is 36.5 Å². The summed E-state index contributed by atoms with van der Waals surface area (Å²) in [5, 5.41) is 6.25. The number of para-hydroxylation sites is 1. The van der Waals surface area contributed by atoms with Gasteiger partial charge in [0, 0.05) is 31.1 Å². The highest BCUT2D eigenvalue weighted by Gasteiger charge is 2.23. The number of benzene rings is 1. The van der Waals surface area contributed by atoms with Crippen molar-refractivity contribution in [1.29, 1.82) is 0 Å². The maximum absolute atomic E-state index is 12.5. The molecule has 9 heteroatoms. The maximum Gasteiger partial charge on any atom is 0.248 e. The van der Waals surface area contributed by atoms with E-state index in [0.29, 0.717) is 25.5 Å². The minimum Gasteiger partial charge on any atom is -0.357 e. The molecule has 152 valence electrons. The zero-order chi connectivity index (χ0) is 19.2. The molecule has 7 nitrogen and oxygen atoms in total. The summed E-state index contributed by atoms with van der Waals surface area (Å²) >= 11 is 0. The summed E-state index contributed by atoms with van der Waals surface area (Å²) in [5.41, 5.74) is 2.15. The number of anilines is 1. The SMILES string of the molecule is CCNC(=NCC(=O)N1CCc2ccccc21)NC(C)CCS(C)(=O)=O.I. The fourth-order valence-corrected chi connectivity index (χ4v) is 3.63. The Bertz CT molecular complexity index is 768. The molecule has 0 saturated heterocycles. The quantitative estimate of drug-likeness (QED) is 0.332. The third kappa shape index (κ3) is 7.65. The second kappa shape index (κ2) is 10.8. The van der Waals surface area contributed by atoms with Gasteiger partial charge in [0.25, 0.3) is 0 Å². The van der Waals surface area contributed by atoms with E-state index >= 15 is 0 Å². The number of amides is 1. The van der Waals surface area contributed by atoms with Crippen LogP contribution in [0, 0.1) is 0 Å². The van der Waals surface area contributed by atoms with Gasteiger partial charge in [-0.2, -0.15) is 0 Å². The lowest BCUT2D eigenvalue weighted by atomic mass is 10.2. The van der Waals surface area contributed by atoms with Gasteiger partial charge < -0.3 is 15.5 Å². The molecular formula is C18H29IN4O3S. The number of hydrogen-bond donors (Lipinski definition) is 2. The zero-order valence-corrected chi connectivity index (χ0v) is 19.2. The van der Waals surface area contributed by atoms with Gasteiger partial charge in [-0.05, 0) is 38.3 Å². The molecule has 0 fully saturated rings. The number of hydrogen-bond acceptors (Lipinski definition) is 4. The van der Waals surface area contributed by atoms with Crippen molar-refractivity contribution < 1.29 is 13.2 Å². The largest absolute Gasteiger partial charge is 0.357 e. The summed E-state index contributed by atoms with van der Waals surface area (Å²) in [6.07, 6.45) is 2.58. The van der Waals surface area contributed by atoms with E-state index in [0.717, 1.165) is 12.1 Å². The summed E-state index contributed by atoms with van der Waals surface area (Å²) in [6.45, 7) is 5.23. The number of sulfone groups is 1. The number of rotatable bonds is 7. The predicted molar refractivity (Wildman–Crippen MR) is 121 cm³/mol. The van der Waals surface area contributed by atoms with Crippen molar-refractivity contribution >= 4 is 51.4 Å². The number of fused-ring (bicyclic) bond motifs is 1. The summed E-state index contributed by atoms with van der Waals surface area (Å²) in [6, 6.07) is 7.85. The summed E-state index contributed by atoms with van der Waals surface area (Å²) in [7, 11) is -2.99. The minimum atomic E-state index is -2.99. The Morgan fingerprint density at radius 3 is 2.70 bits per heavy atom. The topological polar surface area (TPSA) is 90.9 Å². The Morgan fingerprint density at radius 2 is 2.04 bits per heavy atom. The van der Waals surface area contributed by atoms with E-state index < -0.39 is 9.84 Å². The van der Waals surface area contributed by atoms with Crippen LogP contribution in [0.1, 0.15) is 25.8 Å².